The molecule has 40 heavy (non-hydrogen) atoms. The number of carbonyl (C=O) groups is 2. The number of halogens is 2. The Morgan fingerprint density at radius 1 is 0.875 bits per heavy atom. The summed E-state index contributed by atoms with van der Waals surface area (Å²) in [5, 5.41) is 7.15. The predicted molar refractivity (Wildman–Crippen MR) is 153 cm³/mol. The summed E-state index contributed by atoms with van der Waals surface area (Å²) in [5.74, 6) is 0.887. The molecule has 8 rings (SSSR count). The van der Waals surface area contributed by atoms with Crippen molar-refractivity contribution in [3.05, 3.63) is 89.5 Å². The first kappa shape index (κ1) is 26.9. The van der Waals surface area contributed by atoms with Crippen molar-refractivity contribution in [2.45, 2.75) is 62.7 Å². The number of hydrogen-bond donors (Lipinski definition) is 2. The fraction of sp³-hybridized carbons (Fsp3) is 0.406. The zero-order valence-corrected chi connectivity index (χ0v) is 23.2. The highest BCUT2D eigenvalue weighted by Gasteiger charge is 2.58. The lowest BCUT2D eigenvalue weighted by Crippen LogP contribution is -2.69. The SMILES string of the molecule is Cl.O=C(NC12C[C@@H]3C[C@@H](CC(NCC(=O)N4Cc5ccc(F)cc5C4)(C3)C1)C2)c1ccc(-c2ccncc2)cc1. The smallest absolute Gasteiger partial charge is 0.251 e. The number of pyridine rings is 1. The summed E-state index contributed by atoms with van der Waals surface area (Å²) in [6.45, 7) is 1.27. The normalized spacial score (nSPS) is 27.7. The second-order valence-corrected chi connectivity index (χ2v) is 12.3. The Balaban J connectivity index is 0.00000289. The van der Waals surface area contributed by atoms with Crippen molar-refractivity contribution >= 4 is 24.2 Å². The van der Waals surface area contributed by atoms with Crippen LogP contribution in [0.5, 0.6) is 0 Å². The van der Waals surface area contributed by atoms with Gasteiger partial charge in [0.05, 0.1) is 6.54 Å². The molecule has 8 heteroatoms. The number of amides is 2. The van der Waals surface area contributed by atoms with E-state index in [4.69, 9.17) is 0 Å². The van der Waals surface area contributed by atoms with Crippen molar-refractivity contribution < 1.29 is 14.0 Å². The van der Waals surface area contributed by atoms with Crippen molar-refractivity contribution in [1.82, 2.24) is 20.5 Å². The third-order valence-electron chi connectivity index (χ3n) is 9.46. The van der Waals surface area contributed by atoms with Gasteiger partial charge in [-0.15, -0.1) is 12.4 Å². The van der Waals surface area contributed by atoms with Gasteiger partial charge in [0.25, 0.3) is 5.91 Å². The highest BCUT2D eigenvalue weighted by atomic mass is 35.5. The first-order chi connectivity index (χ1) is 18.9. The molecule has 4 bridgehead atoms. The molecule has 5 aliphatic rings. The number of aromatic nitrogens is 1. The molecule has 4 aliphatic carbocycles. The Labute approximate surface area is 240 Å². The van der Waals surface area contributed by atoms with Crippen LogP contribution < -0.4 is 10.6 Å². The Hall–Kier alpha value is -3.29. The quantitative estimate of drug-likeness (QED) is 0.431. The van der Waals surface area contributed by atoms with Crippen LogP contribution in [0, 0.1) is 17.7 Å². The lowest BCUT2D eigenvalue weighted by atomic mass is 9.50. The van der Waals surface area contributed by atoms with E-state index >= 15 is 0 Å². The first-order valence-corrected chi connectivity index (χ1v) is 14.0. The molecule has 4 atom stereocenters. The van der Waals surface area contributed by atoms with E-state index in [1.807, 2.05) is 41.3 Å². The number of fused-ring (bicyclic) bond motifs is 1. The van der Waals surface area contributed by atoms with Gasteiger partial charge in [-0.2, -0.15) is 0 Å². The summed E-state index contributed by atoms with van der Waals surface area (Å²) in [4.78, 5) is 32.5. The molecule has 4 saturated carbocycles. The number of nitrogens with zero attached hydrogens (tertiary/aromatic N) is 2. The van der Waals surface area contributed by atoms with Gasteiger partial charge in [-0.25, -0.2) is 4.39 Å². The molecular formula is C32H34ClFN4O2. The summed E-state index contributed by atoms with van der Waals surface area (Å²) >= 11 is 0. The van der Waals surface area contributed by atoms with Crippen LogP contribution in [0.3, 0.4) is 0 Å². The molecule has 2 N–H and O–H groups in total. The van der Waals surface area contributed by atoms with Gasteiger partial charge in [-0.3, -0.25) is 14.6 Å². The summed E-state index contributed by atoms with van der Waals surface area (Å²) in [6.07, 6.45) is 9.73. The lowest BCUT2D eigenvalue weighted by Gasteiger charge is -2.62. The molecule has 0 spiro atoms. The molecule has 0 saturated heterocycles. The zero-order valence-electron chi connectivity index (χ0n) is 22.4. The van der Waals surface area contributed by atoms with Crippen LogP contribution in [-0.4, -0.2) is 39.3 Å². The molecule has 4 fully saturated rings. The second-order valence-electron chi connectivity index (χ2n) is 12.3. The van der Waals surface area contributed by atoms with Gasteiger partial charge in [0.15, 0.2) is 0 Å². The maximum atomic E-state index is 13.6. The molecule has 2 amide bonds. The molecule has 3 aromatic rings. The van der Waals surface area contributed by atoms with Gasteiger partial charge >= 0.3 is 0 Å². The molecular weight excluding hydrogens is 527 g/mol. The van der Waals surface area contributed by atoms with Crippen molar-refractivity contribution in [3.8, 4) is 11.1 Å². The predicted octanol–water partition coefficient (Wildman–Crippen LogP) is 5.26. The van der Waals surface area contributed by atoms with E-state index in [1.165, 1.54) is 18.6 Å². The van der Waals surface area contributed by atoms with Gasteiger partial charge in [0, 0.05) is 42.1 Å². The van der Waals surface area contributed by atoms with Crippen molar-refractivity contribution in [2.75, 3.05) is 6.54 Å². The molecule has 2 unspecified atom stereocenters. The van der Waals surface area contributed by atoms with E-state index in [2.05, 4.69) is 15.6 Å². The molecule has 1 aliphatic heterocycles. The number of rotatable bonds is 6. The van der Waals surface area contributed by atoms with Crippen LogP contribution >= 0.6 is 12.4 Å². The second kappa shape index (κ2) is 10.3. The van der Waals surface area contributed by atoms with Crippen LogP contribution in [0.4, 0.5) is 4.39 Å². The third-order valence-corrected chi connectivity index (χ3v) is 9.46. The molecule has 6 nitrogen and oxygen atoms in total. The van der Waals surface area contributed by atoms with Gasteiger partial charge in [0.2, 0.25) is 5.91 Å². The molecule has 2 aromatic carbocycles. The molecule has 208 valence electrons. The fourth-order valence-corrected chi connectivity index (χ4v) is 8.20. The van der Waals surface area contributed by atoms with Gasteiger partial charge < -0.3 is 15.5 Å². The summed E-state index contributed by atoms with van der Waals surface area (Å²) in [5.41, 5.74) is 4.36. The minimum Gasteiger partial charge on any atom is -0.347 e. The van der Waals surface area contributed by atoms with E-state index in [9.17, 15) is 14.0 Å². The molecule has 2 heterocycles. The Bertz CT molecular complexity index is 1420. The zero-order chi connectivity index (χ0) is 26.6. The van der Waals surface area contributed by atoms with Crippen molar-refractivity contribution in [2.24, 2.45) is 11.8 Å². The molecule has 1 aromatic heterocycles. The minimum atomic E-state index is -0.258. The Morgan fingerprint density at radius 2 is 1.52 bits per heavy atom. The van der Waals surface area contributed by atoms with Gasteiger partial charge in [-0.1, -0.05) is 18.2 Å². The number of benzene rings is 2. The van der Waals surface area contributed by atoms with Crippen LogP contribution in [0.25, 0.3) is 11.1 Å². The third kappa shape index (κ3) is 5.01. The monoisotopic (exact) mass is 560 g/mol. The Kier molecular flexibility index (Phi) is 6.91. The maximum Gasteiger partial charge on any atom is 0.251 e. The molecule has 0 radical (unpaired) electrons. The topological polar surface area (TPSA) is 74.3 Å². The average molecular weight is 561 g/mol. The van der Waals surface area contributed by atoms with E-state index in [0.717, 1.165) is 54.4 Å². The first-order valence-electron chi connectivity index (χ1n) is 14.0. The summed E-state index contributed by atoms with van der Waals surface area (Å²) in [7, 11) is 0. The summed E-state index contributed by atoms with van der Waals surface area (Å²) in [6, 6.07) is 16.5. The summed E-state index contributed by atoms with van der Waals surface area (Å²) < 4.78 is 13.6. The van der Waals surface area contributed by atoms with E-state index in [-0.39, 0.29) is 47.7 Å². The largest absolute Gasteiger partial charge is 0.347 e. The highest BCUT2D eigenvalue weighted by molar-refractivity contribution is 5.95. The number of hydrogen-bond acceptors (Lipinski definition) is 4. The van der Waals surface area contributed by atoms with E-state index in [0.29, 0.717) is 30.5 Å². The van der Waals surface area contributed by atoms with E-state index < -0.39 is 0 Å². The van der Waals surface area contributed by atoms with Gasteiger partial charge in [0.1, 0.15) is 5.82 Å². The Morgan fingerprint density at radius 3 is 2.25 bits per heavy atom. The van der Waals surface area contributed by atoms with Gasteiger partial charge in [-0.05, 0) is 109 Å². The lowest BCUT2D eigenvalue weighted by molar-refractivity contribution is -0.132. The number of carbonyl (C=O) groups excluding carboxylic acids is 2. The highest BCUT2D eigenvalue weighted by Crippen LogP contribution is 2.57. The van der Waals surface area contributed by atoms with Crippen molar-refractivity contribution in [3.63, 3.8) is 0 Å². The minimum absolute atomic E-state index is 0. The van der Waals surface area contributed by atoms with Crippen LogP contribution in [0.15, 0.2) is 67.0 Å². The maximum absolute atomic E-state index is 13.6. The average Bonchev–Trinajstić information content (AvgIpc) is 3.35. The number of nitrogens with one attached hydrogen (secondary N) is 2. The van der Waals surface area contributed by atoms with Crippen LogP contribution in [0.1, 0.15) is 60.0 Å². The fourth-order valence-electron chi connectivity index (χ4n) is 8.20. The van der Waals surface area contributed by atoms with Crippen molar-refractivity contribution in [1.29, 1.82) is 0 Å². The standard InChI is InChI=1S/C32H33FN4O2.ClH/c33-28-6-5-26-18-37(19-27(26)12-28)29(38)17-35-31-13-21-11-22(14-31)16-32(15-21,20-31)36-30(39)25-3-1-23(2-4-25)24-7-9-34-10-8-24;/h1-10,12,21-22,35H,11,13-20H2,(H,36,39);1H/t21-,22+,31?,32?;. The van der Waals surface area contributed by atoms with Crippen LogP contribution in [-0.2, 0) is 17.9 Å². The van der Waals surface area contributed by atoms with E-state index in [1.54, 1.807) is 18.5 Å². The van der Waals surface area contributed by atoms with Crippen LogP contribution in [0.2, 0.25) is 0 Å².